The van der Waals surface area contributed by atoms with Gasteiger partial charge in [0, 0.05) is 0 Å². The second-order valence-electron chi connectivity index (χ2n) is 2.16. The minimum absolute atomic E-state index is 0. The van der Waals surface area contributed by atoms with Gasteiger partial charge < -0.3 is 13.5 Å². The molecule has 0 aromatic rings. The summed E-state index contributed by atoms with van der Waals surface area (Å²) < 4.78 is 0. The molecule has 0 nitrogen and oxygen atoms in total. The molecule has 1 unspecified atom stereocenters. The van der Waals surface area contributed by atoms with Gasteiger partial charge in [0.25, 0.3) is 0 Å². The Morgan fingerprint density at radius 1 is 1.62 bits per heavy atom. The minimum atomic E-state index is 0. The number of hydrogen-bond donors (Lipinski definition) is 0. The molecule has 42 valence electrons. The van der Waals surface area contributed by atoms with Gasteiger partial charge in [0.2, 0.25) is 0 Å². The maximum Gasteiger partial charge on any atom is 2.00 e. The molecule has 0 radical (unpaired) electrons. The second kappa shape index (κ2) is 3.61. The maximum absolute atomic E-state index is 5.53. The Labute approximate surface area is 70.5 Å². The van der Waals surface area contributed by atoms with Crippen LogP contribution in [0.3, 0.4) is 0 Å². The van der Waals surface area contributed by atoms with E-state index in [1.807, 2.05) is 0 Å². The van der Waals surface area contributed by atoms with E-state index >= 15 is 0 Å². The molecule has 8 heavy (non-hydrogen) atoms. The SMILES string of the molecule is [CH-]=C1CCCC1[CH2-].[Zr+2]. The molecule has 1 atom stereocenters. The average Bonchev–Trinajstić information content (AvgIpc) is 1.91. The fourth-order valence-corrected chi connectivity index (χ4v) is 0.942. The van der Waals surface area contributed by atoms with Gasteiger partial charge >= 0.3 is 26.2 Å². The van der Waals surface area contributed by atoms with E-state index in [1.54, 1.807) is 0 Å². The summed E-state index contributed by atoms with van der Waals surface area (Å²) in [7, 11) is 0. The van der Waals surface area contributed by atoms with Crippen LogP contribution in [-0.4, -0.2) is 0 Å². The Bertz CT molecular complexity index is 86.4. The van der Waals surface area contributed by atoms with Crippen molar-refractivity contribution in [2.24, 2.45) is 5.92 Å². The third kappa shape index (κ3) is 1.86. The van der Waals surface area contributed by atoms with Crippen LogP contribution >= 0.6 is 0 Å². The summed E-state index contributed by atoms with van der Waals surface area (Å²) in [5.74, 6) is 0.458. The summed E-state index contributed by atoms with van der Waals surface area (Å²) in [5, 5.41) is 0. The molecule has 1 saturated carbocycles. The van der Waals surface area contributed by atoms with E-state index in [0.717, 1.165) is 12.0 Å². The van der Waals surface area contributed by atoms with Crippen LogP contribution in [0.5, 0.6) is 0 Å². The van der Waals surface area contributed by atoms with Gasteiger partial charge in [-0.1, -0.05) is 19.3 Å². The topological polar surface area (TPSA) is 0 Å². The summed E-state index contributed by atoms with van der Waals surface area (Å²) in [4.78, 5) is 0. The normalized spacial score (nSPS) is 27.6. The van der Waals surface area contributed by atoms with Crippen LogP contribution in [0.25, 0.3) is 0 Å². The standard InChI is InChI=1S/C7H10.Zr/c1-6-4-3-5-7(6)2;/h1,7H,2-5H2;/q-2;+2. The van der Waals surface area contributed by atoms with E-state index in [4.69, 9.17) is 6.58 Å². The molecule has 0 bridgehead atoms. The molecular formula is C7H10Zr. The minimum Gasteiger partial charge on any atom is -0.517 e. The average molecular weight is 185 g/mol. The van der Waals surface area contributed by atoms with Gasteiger partial charge in [0.1, 0.15) is 0 Å². The number of allylic oxidation sites excluding steroid dienone is 1. The third-order valence-corrected chi connectivity index (χ3v) is 1.54. The van der Waals surface area contributed by atoms with Crippen LogP contribution in [0, 0.1) is 19.4 Å². The van der Waals surface area contributed by atoms with E-state index < -0.39 is 0 Å². The molecule has 0 aromatic carbocycles. The number of rotatable bonds is 0. The van der Waals surface area contributed by atoms with Gasteiger partial charge in [0.15, 0.2) is 0 Å². The molecule has 0 aliphatic heterocycles. The molecule has 1 aliphatic carbocycles. The van der Waals surface area contributed by atoms with Crippen LogP contribution in [0.2, 0.25) is 0 Å². The molecule has 0 spiro atoms. The predicted molar refractivity (Wildman–Crippen MR) is 30.5 cm³/mol. The molecule has 0 N–H and O–H groups in total. The Kier molecular flexibility index (Phi) is 3.89. The van der Waals surface area contributed by atoms with Gasteiger partial charge in [-0.05, 0) is 0 Å². The zero-order chi connectivity index (χ0) is 5.28. The zero-order valence-electron chi connectivity index (χ0n) is 4.98. The van der Waals surface area contributed by atoms with E-state index in [-0.39, 0.29) is 26.2 Å². The van der Waals surface area contributed by atoms with Gasteiger partial charge in [-0.3, -0.25) is 5.57 Å². The van der Waals surface area contributed by atoms with E-state index in [0.29, 0.717) is 5.92 Å². The van der Waals surface area contributed by atoms with Crippen molar-refractivity contribution in [3.8, 4) is 0 Å². The molecule has 0 amide bonds. The summed E-state index contributed by atoms with van der Waals surface area (Å²) in [6.45, 7) is 9.39. The third-order valence-electron chi connectivity index (χ3n) is 1.54. The van der Waals surface area contributed by atoms with E-state index in [9.17, 15) is 0 Å². The maximum atomic E-state index is 5.53. The summed E-state index contributed by atoms with van der Waals surface area (Å²) >= 11 is 0. The van der Waals surface area contributed by atoms with E-state index in [2.05, 4.69) is 6.92 Å². The molecule has 1 fully saturated rings. The Morgan fingerprint density at radius 2 is 2.25 bits per heavy atom. The van der Waals surface area contributed by atoms with Crippen molar-refractivity contribution in [2.45, 2.75) is 19.3 Å². The quantitative estimate of drug-likeness (QED) is 0.506. The van der Waals surface area contributed by atoms with Gasteiger partial charge in [-0.2, -0.15) is 5.92 Å². The first-order valence-electron chi connectivity index (χ1n) is 2.75. The Hall–Kier alpha value is 0.623. The molecule has 1 aliphatic rings. The van der Waals surface area contributed by atoms with Crippen LogP contribution in [0.1, 0.15) is 19.3 Å². The van der Waals surface area contributed by atoms with Crippen molar-refractivity contribution in [2.75, 3.05) is 0 Å². The predicted octanol–water partition coefficient (Wildman–Crippen LogP) is 1.98. The summed E-state index contributed by atoms with van der Waals surface area (Å²) in [6.07, 6.45) is 3.56. The molecular weight excluding hydrogens is 175 g/mol. The van der Waals surface area contributed by atoms with Crippen molar-refractivity contribution >= 4 is 0 Å². The van der Waals surface area contributed by atoms with Crippen molar-refractivity contribution in [1.29, 1.82) is 0 Å². The largest absolute Gasteiger partial charge is 2.00 e. The fourth-order valence-electron chi connectivity index (χ4n) is 0.942. The Balaban J connectivity index is 0.000000490. The van der Waals surface area contributed by atoms with Crippen LogP contribution in [0.4, 0.5) is 0 Å². The summed E-state index contributed by atoms with van der Waals surface area (Å²) in [5.41, 5.74) is 1.10. The number of hydrogen-bond acceptors (Lipinski definition) is 0. The van der Waals surface area contributed by atoms with Gasteiger partial charge in [0.05, 0.1) is 0 Å². The smallest absolute Gasteiger partial charge is 0.517 e. The van der Waals surface area contributed by atoms with Crippen LogP contribution in [-0.2, 0) is 26.2 Å². The molecule has 1 heteroatoms. The van der Waals surface area contributed by atoms with Crippen molar-refractivity contribution in [3.63, 3.8) is 0 Å². The van der Waals surface area contributed by atoms with Crippen molar-refractivity contribution in [1.82, 2.24) is 0 Å². The monoisotopic (exact) mass is 184 g/mol. The fraction of sp³-hybridized carbons (Fsp3) is 0.571. The van der Waals surface area contributed by atoms with Crippen molar-refractivity contribution < 1.29 is 26.2 Å². The van der Waals surface area contributed by atoms with E-state index in [1.165, 1.54) is 12.8 Å². The van der Waals surface area contributed by atoms with Crippen LogP contribution < -0.4 is 0 Å². The van der Waals surface area contributed by atoms with Gasteiger partial charge in [-0.15, -0.1) is 0 Å². The van der Waals surface area contributed by atoms with Crippen LogP contribution in [0.15, 0.2) is 5.57 Å². The first kappa shape index (κ1) is 8.62. The molecule has 0 saturated heterocycles. The Morgan fingerprint density at radius 3 is 2.38 bits per heavy atom. The first-order chi connectivity index (χ1) is 3.30. The zero-order valence-corrected chi connectivity index (χ0v) is 7.44. The first-order valence-corrected chi connectivity index (χ1v) is 2.75. The second-order valence-corrected chi connectivity index (χ2v) is 2.16. The molecule has 0 aromatic heterocycles. The summed E-state index contributed by atoms with van der Waals surface area (Å²) in [6, 6.07) is 0. The van der Waals surface area contributed by atoms with Crippen molar-refractivity contribution in [3.05, 3.63) is 19.1 Å². The molecule has 1 rings (SSSR count). The molecule has 0 heterocycles. The van der Waals surface area contributed by atoms with Gasteiger partial charge in [-0.25, -0.2) is 0 Å².